The molecule has 3 heteroatoms. The van der Waals surface area contributed by atoms with Crippen molar-refractivity contribution in [3.05, 3.63) is 23.7 Å². The van der Waals surface area contributed by atoms with Crippen LogP contribution in [0.4, 0.5) is 0 Å². The molecule has 0 aliphatic heterocycles. The predicted octanol–water partition coefficient (Wildman–Crippen LogP) is 2.71. The lowest BCUT2D eigenvalue weighted by atomic mass is 10.0. The number of likely N-dealkylation sites (N-methyl/N-ethyl adjacent to an activating group) is 1. The SMILES string of the molecule is CCC(C)N(C)C(c1ccc(C)o1)C(C)N. The Morgan fingerprint density at radius 3 is 2.38 bits per heavy atom. The minimum atomic E-state index is 0.0598. The molecule has 0 spiro atoms. The van der Waals surface area contributed by atoms with E-state index in [1.807, 2.05) is 26.0 Å². The standard InChI is InChI=1S/C13H24N2O/c1-6-9(2)15(5)13(11(4)14)12-8-7-10(3)16-12/h7-9,11,13H,6,14H2,1-5H3. The predicted molar refractivity (Wildman–Crippen MR) is 67.4 cm³/mol. The Labute approximate surface area is 98.6 Å². The third-order valence-corrected chi connectivity index (χ3v) is 3.28. The highest BCUT2D eigenvalue weighted by atomic mass is 16.3. The topological polar surface area (TPSA) is 42.4 Å². The molecule has 0 fully saturated rings. The normalized spacial score (nSPS) is 17.4. The van der Waals surface area contributed by atoms with Gasteiger partial charge in [0.05, 0.1) is 6.04 Å². The Hall–Kier alpha value is -0.800. The maximum Gasteiger partial charge on any atom is 0.122 e. The van der Waals surface area contributed by atoms with E-state index in [2.05, 4.69) is 25.8 Å². The van der Waals surface area contributed by atoms with Crippen LogP contribution in [-0.2, 0) is 0 Å². The summed E-state index contributed by atoms with van der Waals surface area (Å²) in [5.41, 5.74) is 6.07. The van der Waals surface area contributed by atoms with Crippen molar-refractivity contribution < 1.29 is 4.42 Å². The fraction of sp³-hybridized carbons (Fsp3) is 0.692. The van der Waals surface area contributed by atoms with Gasteiger partial charge in [0.1, 0.15) is 11.5 Å². The third kappa shape index (κ3) is 2.86. The number of furan rings is 1. The summed E-state index contributed by atoms with van der Waals surface area (Å²) < 4.78 is 5.70. The van der Waals surface area contributed by atoms with E-state index in [0.717, 1.165) is 17.9 Å². The van der Waals surface area contributed by atoms with E-state index in [1.54, 1.807) is 0 Å². The minimum Gasteiger partial charge on any atom is -0.465 e. The molecule has 0 bridgehead atoms. The molecule has 1 aromatic rings. The van der Waals surface area contributed by atoms with Gasteiger partial charge in [-0.25, -0.2) is 0 Å². The first kappa shape index (κ1) is 13.3. The van der Waals surface area contributed by atoms with Gasteiger partial charge in [0, 0.05) is 12.1 Å². The smallest absolute Gasteiger partial charge is 0.122 e. The highest BCUT2D eigenvalue weighted by molar-refractivity contribution is 5.11. The highest BCUT2D eigenvalue weighted by Gasteiger charge is 2.26. The maximum absolute atomic E-state index is 6.07. The second-order valence-corrected chi connectivity index (χ2v) is 4.68. The van der Waals surface area contributed by atoms with Crippen molar-refractivity contribution >= 4 is 0 Å². The first-order valence-electron chi connectivity index (χ1n) is 6.01. The fourth-order valence-electron chi connectivity index (χ4n) is 2.01. The molecule has 1 rings (SSSR count). The van der Waals surface area contributed by atoms with Crippen LogP contribution in [-0.4, -0.2) is 24.0 Å². The van der Waals surface area contributed by atoms with Crippen LogP contribution in [0.25, 0.3) is 0 Å². The summed E-state index contributed by atoms with van der Waals surface area (Å²) in [6.45, 7) is 8.39. The monoisotopic (exact) mass is 224 g/mol. The van der Waals surface area contributed by atoms with Crippen molar-refractivity contribution in [1.82, 2.24) is 4.90 Å². The Morgan fingerprint density at radius 2 is 2.00 bits per heavy atom. The molecule has 0 aliphatic carbocycles. The Bertz CT molecular complexity index is 319. The molecule has 0 saturated heterocycles. The Balaban J connectivity index is 2.91. The maximum atomic E-state index is 6.07. The van der Waals surface area contributed by atoms with E-state index in [9.17, 15) is 0 Å². The van der Waals surface area contributed by atoms with Gasteiger partial charge in [0.2, 0.25) is 0 Å². The van der Waals surface area contributed by atoms with Crippen molar-refractivity contribution in [2.45, 2.75) is 52.2 Å². The molecular formula is C13H24N2O. The van der Waals surface area contributed by atoms with Crippen LogP contribution in [0.2, 0.25) is 0 Å². The van der Waals surface area contributed by atoms with Crippen LogP contribution in [0.5, 0.6) is 0 Å². The quantitative estimate of drug-likeness (QED) is 0.836. The van der Waals surface area contributed by atoms with E-state index in [0.29, 0.717) is 6.04 Å². The lowest BCUT2D eigenvalue weighted by Crippen LogP contribution is -2.41. The van der Waals surface area contributed by atoms with Crippen LogP contribution in [0.3, 0.4) is 0 Å². The zero-order valence-corrected chi connectivity index (χ0v) is 11.0. The summed E-state index contributed by atoms with van der Waals surface area (Å²) in [6.07, 6.45) is 1.11. The zero-order valence-electron chi connectivity index (χ0n) is 11.0. The van der Waals surface area contributed by atoms with Crippen LogP contribution in [0.1, 0.15) is 44.8 Å². The molecule has 1 heterocycles. The number of nitrogens with zero attached hydrogens (tertiary/aromatic N) is 1. The van der Waals surface area contributed by atoms with Crippen molar-refractivity contribution in [2.24, 2.45) is 5.73 Å². The van der Waals surface area contributed by atoms with E-state index >= 15 is 0 Å². The summed E-state index contributed by atoms with van der Waals surface area (Å²) >= 11 is 0. The molecule has 3 nitrogen and oxygen atoms in total. The van der Waals surface area contributed by atoms with E-state index in [-0.39, 0.29) is 12.1 Å². The van der Waals surface area contributed by atoms with E-state index in [1.165, 1.54) is 0 Å². The number of hydrogen-bond acceptors (Lipinski definition) is 3. The lowest BCUT2D eigenvalue weighted by Gasteiger charge is -2.33. The highest BCUT2D eigenvalue weighted by Crippen LogP contribution is 2.26. The largest absolute Gasteiger partial charge is 0.465 e. The third-order valence-electron chi connectivity index (χ3n) is 3.28. The average molecular weight is 224 g/mol. The van der Waals surface area contributed by atoms with Gasteiger partial charge < -0.3 is 10.2 Å². The molecule has 0 aromatic carbocycles. The van der Waals surface area contributed by atoms with Crippen LogP contribution in [0.15, 0.2) is 16.5 Å². The van der Waals surface area contributed by atoms with Crippen molar-refractivity contribution in [1.29, 1.82) is 0 Å². The summed E-state index contributed by atoms with van der Waals surface area (Å²) in [6, 6.07) is 4.74. The zero-order chi connectivity index (χ0) is 12.3. The van der Waals surface area contributed by atoms with Crippen molar-refractivity contribution in [3.8, 4) is 0 Å². The summed E-state index contributed by atoms with van der Waals surface area (Å²) in [5, 5.41) is 0. The van der Waals surface area contributed by atoms with Gasteiger partial charge >= 0.3 is 0 Å². The van der Waals surface area contributed by atoms with Gasteiger partial charge in [-0.2, -0.15) is 0 Å². The van der Waals surface area contributed by atoms with E-state index in [4.69, 9.17) is 10.2 Å². The van der Waals surface area contributed by atoms with Gasteiger partial charge in [0.15, 0.2) is 0 Å². The van der Waals surface area contributed by atoms with Crippen molar-refractivity contribution in [2.75, 3.05) is 7.05 Å². The lowest BCUT2D eigenvalue weighted by molar-refractivity contribution is 0.141. The fourth-order valence-corrected chi connectivity index (χ4v) is 2.01. The van der Waals surface area contributed by atoms with Crippen LogP contribution >= 0.6 is 0 Å². The molecule has 0 amide bonds. The number of rotatable bonds is 5. The summed E-state index contributed by atoms with van der Waals surface area (Å²) in [5.74, 6) is 1.91. The summed E-state index contributed by atoms with van der Waals surface area (Å²) in [7, 11) is 2.11. The van der Waals surface area contributed by atoms with Gasteiger partial charge in [-0.3, -0.25) is 4.90 Å². The van der Waals surface area contributed by atoms with Crippen molar-refractivity contribution in [3.63, 3.8) is 0 Å². The van der Waals surface area contributed by atoms with Crippen LogP contribution in [0, 0.1) is 6.92 Å². The second-order valence-electron chi connectivity index (χ2n) is 4.68. The molecule has 0 radical (unpaired) electrons. The molecule has 3 unspecified atom stereocenters. The van der Waals surface area contributed by atoms with Gasteiger partial charge in [-0.05, 0) is 46.4 Å². The minimum absolute atomic E-state index is 0.0598. The molecule has 16 heavy (non-hydrogen) atoms. The van der Waals surface area contributed by atoms with E-state index < -0.39 is 0 Å². The van der Waals surface area contributed by atoms with Gasteiger partial charge in [-0.15, -0.1) is 0 Å². The molecule has 92 valence electrons. The molecule has 0 aliphatic rings. The molecule has 0 saturated carbocycles. The average Bonchev–Trinajstić information content (AvgIpc) is 2.63. The Morgan fingerprint density at radius 1 is 1.38 bits per heavy atom. The van der Waals surface area contributed by atoms with Gasteiger partial charge in [0.25, 0.3) is 0 Å². The van der Waals surface area contributed by atoms with Crippen LogP contribution < -0.4 is 5.73 Å². The molecular weight excluding hydrogens is 200 g/mol. The number of aryl methyl sites for hydroxylation is 1. The molecule has 3 atom stereocenters. The van der Waals surface area contributed by atoms with Gasteiger partial charge in [-0.1, -0.05) is 6.92 Å². The number of hydrogen-bond donors (Lipinski definition) is 1. The number of nitrogens with two attached hydrogens (primary N) is 1. The first-order valence-corrected chi connectivity index (χ1v) is 6.01. The Kier molecular flexibility index (Phi) is 4.56. The summed E-state index contributed by atoms with van der Waals surface area (Å²) in [4.78, 5) is 2.29. The molecule has 1 aromatic heterocycles. The second kappa shape index (κ2) is 5.51. The first-order chi connectivity index (χ1) is 7.47. The molecule has 2 N–H and O–H groups in total.